The molecular weight excluding hydrogens is 374 g/mol. The van der Waals surface area contributed by atoms with Crippen molar-refractivity contribution < 1.29 is 32.0 Å². The molecule has 1 aliphatic heterocycles. The molecule has 0 saturated carbocycles. The average Bonchev–Trinajstić information content (AvgIpc) is 2.84. The highest BCUT2D eigenvalue weighted by Crippen LogP contribution is 2.27. The predicted molar refractivity (Wildman–Crippen MR) is 93.9 cm³/mol. The van der Waals surface area contributed by atoms with Gasteiger partial charge < -0.3 is 10.5 Å². The Morgan fingerprint density at radius 3 is 2.26 bits per heavy atom. The van der Waals surface area contributed by atoms with Crippen molar-refractivity contribution in [1.82, 2.24) is 4.31 Å². The minimum absolute atomic E-state index is 0.103. The number of amides is 2. The number of nitrogens with two attached hydrogens (primary N) is 1. The zero-order valence-electron chi connectivity index (χ0n) is 14.2. The molecule has 2 aromatic rings. The number of ether oxygens (including phenoxy) is 1. The number of carbonyl (C=O) groups excluding carboxylic acids is 2. The molecule has 3 rings (SSSR count). The van der Waals surface area contributed by atoms with Crippen molar-refractivity contribution in [2.24, 2.45) is 5.73 Å². The van der Waals surface area contributed by atoms with E-state index < -0.39 is 32.6 Å². The topological polar surface area (TPSA) is 127 Å². The molecule has 2 amide bonds. The standard InChI is InChI=1S/C17H17N3O6S/c18-16(21)12-20(23)11-10-19(27(20,24)25)17(22)13-6-8-15(9-7-13)26-14-4-2-1-3-5-14/h1-9,23H,10-12H2,(H-,18,21)/p+1. The summed E-state index contributed by atoms with van der Waals surface area (Å²) >= 11 is 0. The first-order chi connectivity index (χ1) is 12.7. The second kappa shape index (κ2) is 6.99. The van der Waals surface area contributed by atoms with Crippen molar-refractivity contribution in [3.63, 3.8) is 0 Å². The highest BCUT2D eigenvalue weighted by atomic mass is 32.2. The van der Waals surface area contributed by atoms with Gasteiger partial charge in [-0.25, -0.2) is 0 Å². The number of hydrogen-bond donors (Lipinski definition) is 2. The summed E-state index contributed by atoms with van der Waals surface area (Å²) in [7, 11) is -4.48. The summed E-state index contributed by atoms with van der Waals surface area (Å²) in [5, 5.41) is 10.2. The molecule has 1 saturated heterocycles. The molecule has 27 heavy (non-hydrogen) atoms. The molecule has 0 aliphatic carbocycles. The van der Waals surface area contributed by atoms with Crippen molar-refractivity contribution in [3.05, 3.63) is 60.2 Å². The third-order valence-electron chi connectivity index (χ3n) is 4.07. The van der Waals surface area contributed by atoms with Crippen LogP contribution in [-0.4, -0.2) is 53.4 Å². The van der Waals surface area contributed by atoms with Gasteiger partial charge in [-0.1, -0.05) is 22.3 Å². The quantitative estimate of drug-likeness (QED) is 0.727. The molecule has 9 nitrogen and oxygen atoms in total. The van der Waals surface area contributed by atoms with E-state index in [0.29, 0.717) is 15.8 Å². The van der Waals surface area contributed by atoms with Gasteiger partial charge in [0.15, 0.2) is 0 Å². The van der Waals surface area contributed by atoms with Crippen LogP contribution in [0.15, 0.2) is 54.6 Å². The zero-order valence-corrected chi connectivity index (χ0v) is 15.0. The van der Waals surface area contributed by atoms with Crippen molar-refractivity contribution in [3.8, 4) is 11.5 Å². The summed E-state index contributed by atoms with van der Waals surface area (Å²) in [6, 6.07) is 14.9. The molecule has 0 radical (unpaired) electrons. The van der Waals surface area contributed by atoms with Gasteiger partial charge in [0.05, 0.1) is 6.54 Å². The van der Waals surface area contributed by atoms with Crippen LogP contribution >= 0.6 is 0 Å². The lowest BCUT2D eigenvalue weighted by atomic mass is 10.2. The lowest BCUT2D eigenvalue weighted by Gasteiger charge is -2.22. The van der Waals surface area contributed by atoms with Crippen molar-refractivity contribution in [2.45, 2.75) is 0 Å². The van der Waals surface area contributed by atoms with Crippen LogP contribution in [0.5, 0.6) is 11.5 Å². The maximum Gasteiger partial charge on any atom is 0.430 e. The van der Waals surface area contributed by atoms with E-state index in [0.717, 1.165) is 0 Å². The molecule has 1 heterocycles. The highest BCUT2D eigenvalue weighted by molar-refractivity contribution is 7.84. The fraction of sp³-hybridized carbons (Fsp3) is 0.176. The number of primary amides is 1. The van der Waals surface area contributed by atoms with Crippen LogP contribution in [0.1, 0.15) is 10.4 Å². The summed E-state index contributed by atoms with van der Waals surface area (Å²) in [6.07, 6.45) is 0. The van der Waals surface area contributed by atoms with Crippen LogP contribution in [0.2, 0.25) is 0 Å². The summed E-state index contributed by atoms with van der Waals surface area (Å²) < 4.78 is 29.5. The molecular formula is C17H18N3O6S+. The summed E-state index contributed by atoms with van der Waals surface area (Å²) in [5.74, 6) is -0.701. The number of nitrogens with zero attached hydrogens (tertiary/aromatic N) is 2. The molecule has 1 atom stereocenters. The Hall–Kier alpha value is -2.95. The van der Waals surface area contributed by atoms with Gasteiger partial charge >= 0.3 is 10.2 Å². The van der Waals surface area contributed by atoms with Gasteiger partial charge in [-0.3, -0.25) is 9.59 Å². The normalized spacial score (nSPS) is 21.0. The maximum atomic E-state index is 12.6. The molecule has 0 aromatic heterocycles. The first-order valence-corrected chi connectivity index (χ1v) is 9.41. The molecule has 1 fully saturated rings. The van der Waals surface area contributed by atoms with E-state index in [-0.39, 0.29) is 18.7 Å². The number of rotatable bonds is 5. The second-order valence-electron chi connectivity index (χ2n) is 5.99. The molecule has 2 aromatic carbocycles. The van der Waals surface area contributed by atoms with Gasteiger partial charge in [0.1, 0.15) is 18.0 Å². The van der Waals surface area contributed by atoms with Crippen LogP contribution in [-0.2, 0) is 15.0 Å². The Bertz CT molecular complexity index is 962. The van der Waals surface area contributed by atoms with E-state index in [2.05, 4.69) is 0 Å². The number of benzene rings is 2. The Morgan fingerprint density at radius 1 is 1.07 bits per heavy atom. The molecule has 3 N–H and O–H groups in total. The summed E-state index contributed by atoms with van der Waals surface area (Å²) in [5.41, 5.74) is 5.10. The fourth-order valence-corrected chi connectivity index (χ4v) is 4.30. The van der Waals surface area contributed by atoms with Gasteiger partial charge in [-0.05, 0) is 36.4 Å². The second-order valence-corrected chi connectivity index (χ2v) is 8.01. The van der Waals surface area contributed by atoms with Crippen LogP contribution in [0.25, 0.3) is 0 Å². The van der Waals surface area contributed by atoms with Crippen molar-refractivity contribution >= 4 is 22.0 Å². The number of hydroxylamine groups is 2. The Balaban J connectivity index is 1.77. The Morgan fingerprint density at radius 2 is 1.67 bits per heavy atom. The van der Waals surface area contributed by atoms with Gasteiger partial charge in [0.25, 0.3) is 11.8 Å². The molecule has 0 spiro atoms. The monoisotopic (exact) mass is 392 g/mol. The van der Waals surface area contributed by atoms with Crippen LogP contribution < -0.4 is 10.5 Å². The van der Waals surface area contributed by atoms with Gasteiger partial charge in [-0.2, -0.15) is 9.51 Å². The predicted octanol–water partition coefficient (Wildman–Crippen LogP) is 0.871. The number of carbonyl (C=O) groups is 2. The minimum Gasteiger partial charge on any atom is -0.457 e. The third-order valence-corrected chi connectivity index (χ3v) is 6.15. The molecule has 1 aliphatic rings. The first kappa shape index (κ1) is 18.8. The molecule has 142 valence electrons. The summed E-state index contributed by atoms with van der Waals surface area (Å²) in [6.45, 7) is -1.42. The molecule has 0 bridgehead atoms. The molecule has 1 unspecified atom stereocenters. The van der Waals surface area contributed by atoms with Gasteiger partial charge in [0, 0.05) is 5.56 Å². The SMILES string of the molecule is NC(=O)C[N+]1(O)CCN(C(=O)c2ccc(Oc3ccccc3)cc2)S1(=O)=O. The van der Waals surface area contributed by atoms with E-state index in [4.69, 9.17) is 10.5 Å². The third kappa shape index (κ3) is 3.63. The van der Waals surface area contributed by atoms with E-state index in [1.54, 1.807) is 12.1 Å². The zero-order chi connectivity index (χ0) is 19.7. The summed E-state index contributed by atoms with van der Waals surface area (Å²) in [4.78, 5) is 23.6. The highest BCUT2D eigenvalue weighted by Gasteiger charge is 2.55. The number of hydrogen-bond acceptors (Lipinski definition) is 6. The average molecular weight is 392 g/mol. The van der Waals surface area contributed by atoms with E-state index in [9.17, 15) is 23.2 Å². The van der Waals surface area contributed by atoms with E-state index in [1.165, 1.54) is 24.3 Å². The van der Waals surface area contributed by atoms with Crippen LogP contribution in [0.3, 0.4) is 0 Å². The minimum atomic E-state index is -4.48. The lowest BCUT2D eigenvalue weighted by molar-refractivity contribution is -0.989. The lowest BCUT2D eigenvalue weighted by Crippen LogP contribution is -2.53. The fourth-order valence-electron chi connectivity index (χ4n) is 2.71. The Kier molecular flexibility index (Phi) is 4.87. The van der Waals surface area contributed by atoms with Crippen LogP contribution in [0, 0.1) is 0 Å². The van der Waals surface area contributed by atoms with E-state index >= 15 is 0 Å². The number of quaternary nitrogens is 1. The smallest absolute Gasteiger partial charge is 0.430 e. The van der Waals surface area contributed by atoms with Crippen molar-refractivity contribution in [2.75, 3.05) is 19.6 Å². The molecule has 10 heteroatoms. The van der Waals surface area contributed by atoms with Crippen molar-refractivity contribution in [1.29, 1.82) is 0 Å². The van der Waals surface area contributed by atoms with Crippen LogP contribution in [0.4, 0.5) is 0 Å². The largest absolute Gasteiger partial charge is 0.457 e. The van der Waals surface area contributed by atoms with Gasteiger partial charge in [0.2, 0.25) is 6.54 Å². The number of para-hydroxylation sites is 1. The first-order valence-electron chi connectivity index (χ1n) is 8.01. The Labute approximate surface area is 155 Å². The van der Waals surface area contributed by atoms with E-state index in [1.807, 2.05) is 18.2 Å². The maximum absolute atomic E-state index is 12.6. The van der Waals surface area contributed by atoms with Gasteiger partial charge in [-0.15, -0.1) is 8.42 Å².